The first-order chi connectivity index (χ1) is 9.25. The largest absolute Gasteiger partial charge is 0.465 e. The van der Waals surface area contributed by atoms with E-state index in [0.717, 1.165) is 11.8 Å². The van der Waals surface area contributed by atoms with Crippen LogP contribution in [0.1, 0.15) is 5.76 Å². The molecular weight excluding hydrogens is 260 g/mol. The number of carbonyl (C=O) groups excluding carboxylic acids is 1. The first-order valence-corrected chi connectivity index (χ1v) is 6.48. The normalized spacial score (nSPS) is 17.5. The summed E-state index contributed by atoms with van der Waals surface area (Å²) in [6, 6.07) is 12.7. The lowest BCUT2D eigenvalue weighted by Gasteiger charge is -2.13. The van der Waals surface area contributed by atoms with Crippen LogP contribution in [0.15, 0.2) is 58.1 Å². The Morgan fingerprint density at radius 2 is 1.95 bits per heavy atom. The summed E-state index contributed by atoms with van der Waals surface area (Å²) < 4.78 is 5.19. The van der Waals surface area contributed by atoms with Crippen molar-refractivity contribution >= 4 is 34.6 Å². The molecule has 3 rings (SSSR count). The third-order valence-electron chi connectivity index (χ3n) is 2.65. The fourth-order valence-electron chi connectivity index (χ4n) is 1.80. The maximum Gasteiger partial charge on any atom is 0.271 e. The van der Waals surface area contributed by atoms with Crippen molar-refractivity contribution in [2.45, 2.75) is 0 Å². The summed E-state index contributed by atoms with van der Waals surface area (Å²) in [6.45, 7) is 0. The molecule has 0 unspecified atom stereocenters. The average Bonchev–Trinajstić information content (AvgIpc) is 3.01. The number of hydrogen-bond donors (Lipinski definition) is 1. The molecule has 0 atom stereocenters. The van der Waals surface area contributed by atoms with Crippen LogP contribution in [-0.2, 0) is 4.79 Å². The predicted molar refractivity (Wildman–Crippen MR) is 75.9 cm³/mol. The SMILES string of the molecule is N=C1S/C(=C\c2ccco2)C(=O)N1c1ccccc1. The Balaban J connectivity index is 1.94. The number of para-hydroxylation sites is 1. The van der Waals surface area contributed by atoms with E-state index in [9.17, 15) is 4.79 Å². The van der Waals surface area contributed by atoms with Crippen LogP contribution in [0.4, 0.5) is 5.69 Å². The second kappa shape index (κ2) is 4.78. The van der Waals surface area contributed by atoms with Crippen LogP contribution in [0.5, 0.6) is 0 Å². The molecule has 1 aromatic carbocycles. The van der Waals surface area contributed by atoms with Crippen molar-refractivity contribution in [3.63, 3.8) is 0 Å². The van der Waals surface area contributed by atoms with Gasteiger partial charge >= 0.3 is 0 Å². The number of nitrogens with zero attached hydrogens (tertiary/aromatic N) is 1. The van der Waals surface area contributed by atoms with E-state index in [-0.39, 0.29) is 11.1 Å². The average molecular weight is 270 g/mol. The highest BCUT2D eigenvalue weighted by Crippen LogP contribution is 2.34. The molecule has 4 nitrogen and oxygen atoms in total. The van der Waals surface area contributed by atoms with E-state index in [1.807, 2.05) is 30.3 Å². The second-order valence-electron chi connectivity index (χ2n) is 3.91. The fraction of sp³-hybridized carbons (Fsp3) is 0. The Morgan fingerprint density at radius 3 is 2.63 bits per heavy atom. The zero-order chi connectivity index (χ0) is 13.2. The number of furan rings is 1. The molecule has 0 radical (unpaired) electrons. The monoisotopic (exact) mass is 270 g/mol. The molecule has 2 aromatic rings. The van der Waals surface area contributed by atoms with Gasteiger partial charge in [-0.3, -0.25) is 15.1 Å². The highest BCUT2D eigenvalue weighted by Gasteiger charge is 2.33. The molecule has 1 amide bonds. The van der Waals surface area contributed by atoms with Crippen molar-refractivity contribution in [1.82, 2.24) is 0 Å². The van der Waals surface area contributed by atoms with Crippen molar-refractivity contribution < 1.29 is 9.21 Å². The molecule has 5 heteroatoms. The van der Waals surface area contributed by atoms with E-state index in [2.05, 4.69) is 0 Å². The van der Waals surface area contributed by atoms with Gasteiger partial charge in [0.2, 0.25) is 0 Å². The highest BCUT2D eigenvalue weighted by atomic mass is 32.2. The van der Waals surface area contributed by atoms with E-state index in [1.165, 1.54) is 4.90 Å². The lowest BCUT2D eigenvalue weighted by Crippen LogP contribution is -2.27. The minimum absolute atomic E-state index is 0.197. The predicted octanol–water partition coefficient (Wildman–Crippen LogP) is 3.34. The molecule has 0 aliphatic carbocycles. The maximum absolute atomic E-state index is 12.3. The van der Waals surface area contributed by atoms with Gasteiger partial charge in [-0.15, -0.1) is 0 Å². The van der Waals surface area contributed by atoms with E-state index < -0.39 is 0 Å². The third kappa shape index (κ3) is 2.20. The van der Waals surface area contributed by atoms with Crippen LogP contribution in [0.25, 0.3) is 6.08 Å². The number of hydrogen-bond acceptors (Lipinski definition) is 4. The van der Waals surface area contributed by atoms with Crippen molar-refractivity contribution in [2.24, 2.45) is 0 Å². The van der Waals surface area contributed by atoms with E-state index in [4.69, 9.17) is 9.83 Å². The summed E-state index contributed by atoms with van der Waals surface area (Å²) >= 11 is 1.14. The molecule has 19 heavy (non-hydrogen) atoms. The van der Waals surface area contributed by atoms with Gasteiger partial charge in [0, 0.05) is 6.08 Å². The number of nitrogens with one attached hydrogen (secondary N) is 1. The molecule has 0 spiro atoms. The molecule has 1 aromatic heterocycles. The smallest absolute Gasteiger partial charge is 0.271 e. The Labute approximate surface area is 114 Å². The summed E-state index contributed by atoms with van der Waals surface area (Å²) in [5.41, 5.74) is 0.702. The van der Waals surface area contributed by atoms with Crippen LogP contribution in [0.3, 0.4) is 0 Å². The second-order valence-corrected chi connectivity index (χ2v) is 4.94. The van der Waals surface area contributed by atoms with Crippen molar-refractivity contribution in [2.75, 3.05) is 4.90 Å². The van der Waals surface area contributed by atoms with Crippen LogP contribution >= 0.6 is 11.8 Å². The Kier molecular flexibility index (Phi) is 2.97. The first kappa shape index (κ1) is 11.8. The lowest BCUT2D eigenvalue weighted by molar-refractivity contribution is -0.113. The molecule has 2 heterocycles. The number of amides is 1. The highest BCUT2D eigenvalue weighted by molar-refractivity contribution is 8.19. The number of anilines is 1. The van der Waals surface area contributed by atoms with Gasteiger partial charge in [-0.25, -0.2) is 0 Å². The van der Waals surface area contributed by atoms with Crippen molar-refractivity contribution in [1.29, 1.82) is 5.41 Å². The number of amidine groups is 1. The summed E-state index contributed by atoms with van der Waals surface area (Å²) in [5.74, 6) is 0.413. The third-order valence-corrected chi connectivity index (χ3v) is 3.54. The topological polar surface area (TPSA) is 57.3 Å². The summed E-state index contributed by atoms with van der Waals surface area (Å²) in [6.07, 6.45) is 3.21. The van der Waals surface area contributed by atoms with E-state index in [1.54, 1.807) is 24.5 Å². The molecule has 0 bridgehead atoms. The van der Waals surface area contributed by atoms with E-state index in [0.29, 0.717) is 16.4 Å². The molecule has 0 saturated carbocycles. The number of benzene rings is 1. The zero-order valence-electron chi connectivity index (χ0n) is 9.87. The van der Waals surface area contributed by atoms with Crippen molar-refractivity contribution in [3.05, 3.63) is 59.4 Å². The van der Waals surface area contributed by atoms with Gasteiger partial charge in [-0.2, -0.15) is 0 Å². The number of thioether (sulfide) groups is 1. The minimum Gasteiger partial charge on any atom is -0.465 e. The summed E-state index contributed by atoms with van der Waals surface area (Å²) in [5, 5.41) is 8.13. The Hall–Kier alpha value is -2.27. The lowest BCUT2D eigenvalue weighted by atomic mass is 10.3. The van der Waals surface area contributed by atoms with Crippen LogP contribution < -0.4 is 4.90 Å². The molecule has 1 N–H and O–H groups in total. The van der Waals surface area contributed by atoms with Gasteiger partial charge in [-0.05, 0) is 36.0 Å². The summed E-state index contributed by atoms with van der Waals surface area (Å²) in [4.78, 5) is 14.2. The Morgan fingerprint density at radius 1 is 1.16 bits per heavy atom. The first-order valence-electron chi connectivity index (χ1n) is 5.67. The fourth-order valence-corrected chi connectivity index (χ4v) is 2.64. The van der Waals surface area contributed by atoms with Gasteiger partial charge in [0.05, 0.1) is 16.9 Å². The van der Waals surface area contributed by atoms with Gasteiger partial charge < -0.3 is 4.42 Å². The Bertz CT molecular complexity index is 647. The van der Waals surface area contributed by atoms with Crippen LogP contribution in [-0.4, -0.2) is 11.1 Å². The van der Waals surface area contributed by atoms with Crippen LogP contribution in [0.2, 0.25) is 0 Å². The molecule has 94 valence electrons. The quantitative estimate of drug-likeness (QED) is 0.851. The van der Waals surface area contributed by atoms with Gasteiger partial charge in [0.15, 0.2) is 5.17 Å². The van der Waals surface area contributed by atoms with Crippen molar-refractivity contribution in [3.8, 4) is 0 Å². The van der Waals surface area contributed by atoms with Crippen LogP contribution in [0, 0.1) is 5.41 Å². The molecule has 1 aliphatic heterocycles. The van der Waals surface area contributed by atoms with Gasteiger partial charge in [0.25, 0.3) is 5.91 Å². The zero-order valence-corrected chi connectivity index (χ0v) is 10.7. The number of rotatable bonds is 2. The standard InChI is InChI=1S/C14H10N2O2S/c15-14-16(10-5-2-1-3-6-10)13(17)12(19-14)9-11-7-4-8-18-11/h1-9,15H/b12-9-,15-14?. The van der Waals surface area contributed by atoms with E-state index >= 15 is 0 Å². The molecule has 1 fully saturated rings. The number of carbonyl (C=O) groups is 1. The summed E-state index contributed by atoms with van der Waals surface area (Å²) in [7, 11) is 0. The molecule has 1 saturated heterocycles. The minimum atomic E-state index is -0.197. The molecule has 1 aliphatic rings. The van der Waals surface area contributed by atoms with Gasteiger partial charge in [-0.1, -0.05) is 18.2 Å². The molecular formula is C14H10N2O2S. The maximum atomic E-state index is 12.3. The van der Waals surface area contributed by atoms with Gasteiger partial charge in [0.1, 0.15) is 5.76 Å².